The van der Waals surface area contributed by atoms with Crippen LogP contribution in [0.2, 0.25) is 0 Å². The third kappa shape index (κ3) is 4.53. The van der Waals surface area contributed by atoms with Crippen molar-refractivity contribution in [3.05, 3.63) is 182 Å². The second-order valence-corrected chi connectivity index (χ2v) is 15.4. The first-order chi connectivity index (χ1) is 28.7. The Morgan fingerprint density at radius 1 is 0.379 bits per heavy atom. The first-order valence-corrected chi connectivity index (χ1v) is 19.7. The second kappa shape index (κ2) is 11.9. The van der Waals surface area contributed by atoms with E-state index in [9.17, 15) is 0 Å². The van der Waals surface area contributed by atoms with Gasteiger partial charge in [0.15, 0.2) is 0 Å². The van der Waals surface area contributed by atoms with Crippen molar-refractivity contribution in [1.29, 1.82) is 0 Å². The van der Waals surface area contributed by atoms with E-state index in [1.807, 2.05) is 36.8 Å². The maximum Gasteiger partial charge on any atom is 0.0972 e. The van der Waals surface area contributed by atoms with E-state index >= 15 is 0 Å². The first kappa shape index (κ1) is 31.4. The Hall–Kier alpha value is -7.76. The molecule has 0 aliphatic rings. The molecule has 0 saturated carbocycles. The molecule has 13 aromatic rings. The summed E-state index contributed by atoms with van der Waals surface area (Å²) < 4.78 is 2.50. The van der Waals surface area contributed by atoms with Crippen molar-refractivity contribution in [1.82, 2.24) is 24.5 Å². The third-order valence-electron chi connectivity index (χ3n) is 12.3. The summed E-state index contributed by atoms with van der Waals surface area (Å²) >= 11 is 0. The summed E-state index contributed by atoms with van der Waals surface area (Å²) in [4.78, 5) is 19.5. The molecule has 5 heteroatoms. The Bertz CT molecular complexity index is 3830. The number of nitrogens with zero attached hydrogens (tertiary/aromatic N) is 5. The number of aromatic nitrogens is 5. The molecule has 0 radical (unpaired) electrons. The van der Waals surface area contributed by atoms with Crippen LogP contribution in [-0.2, 0) is 6.54 Å². The molecule has 5 nitrogen and oxygen atoms in total. The minimum Gasteiger partial charge on any atom is -0.336 e. The zero-order chi connectivity index (χ0) is 37.9. The fourth-order valence-corrected chi connectivity index (χ4v) is 9.61. The standard InChI is InChI=1S/C53H31N5/c1-5-31-10-11-33-12-15-39(40-20-16-32(6-1)48(31)49(33)40)30-58-46-22-18-36(42-29-38-8-3-25-55-51(38)53-41(42)9-4-26-56-53)27-43(46)44-28-37(19-23-47(44)58)45-21-17-35-14-13-34-7-2-24-54-50(34)52(35)57-45/h1-29H,30H2. The lowest BCUT2D eigenvalue weighted by molar-refractivity contribution is 0.876. The van der Waals surface area contributed by atoms with Gasteiger partial charge in [-0.25, -0.2) is 4.98 Å². The summed E-state index contributed by atoms with van der Waals surface area (Å²) in [6, 6.07) is 57.3. The first-order valence-electron chi connectivity index (χ1n) is 19.7. The largest absolute Gasteiger partial charge is 0.336 e. The van der Waals surface area contributed by atoms with Crippen LogP contribution < -0.4 is 0 Å². The Morgan fingerprint density at radius 2 is 0.966 bits per heavy atom. The van der Waals surface area contributed by atoms with Crippen LogP contribution in [0.1, 0.15) is 5.56 Å². The van der Waals surface area contributed by atoms with Crippen molar-refractivity contribution in [3.63, 3.8) is 0 Å². The molecule has 0 saturated heterocycles. The van der Waals surface area contributed by atoms with Crippen LogP contribution in [0.15, 0.2) is 176 Å². The number of rotatable bonds is 4. The molecule has 268 valence electrons. The Labute approximate surface area is 331 Å². The molecule has 0 aliphatic heterocycles. The van der Waals surface area contributed by atoms with Crippen molar-refractivity contribution < 1.29 is 0 Å². The summed E-state index contributed by atoms with van der Waals surface area (Å²) in [5.74, 6) is 0. The molecular formula is C53H31N5. The van der Waals surface area contributed by atoms with Gasteiger partial charge in [0.2, 0.25) is 0 Å². The number of hydrogen-bond donors (Lipinski definition) is 0. The average Bonchev–Trinajstić information content (AvgIpc) is 3.59. The monoisotopic (exact) mass is 737 g/mol. The highest BCUT2D eigenvalue weighted by Crippen LogP contribution is 2.41. The lowest BCUT2D eigenvalue weighted by Crippen LogP contribution is -2.01. The fourth-order valence-electron chi connectivity index (χ4n) is 9.61. The van der Waals surface area contributed by atoms with Crippen LogP contribution in [0.25, 0.3) is 120 Å². The summed E-state index contributed by atoms with van der Waals surface area (Å²) in [5, 5.41) is 14.5. The zero-order valence-corrected chi connectivity index (χ0v) is 31.2. The molecule has 0 atom stereocenters. The lowest BCUT2D eigenvalue weighted by atomic mass is 9.92. The number of pyridine rings is 4. The molecule has 0 bridgehead atoms. The minimum atomic E-state index is 0.729. The van der Waals surface area contributed by atoms with Gasteiger partial charge in [0.05, 0.1) is 27.8 Å². The van der Waals surface area contributed by atoms with Crippen molar-refractivity contribution in [2.45, 2.75) is 6.54 Å². The SMILES string of the molecule is c1cnc2c(c1)ccc1ccc(-c3ccc4c(c3)c3cc(-c5cc6cccnc6c6ncccc56)ccc3n4Cc3ccc4ccc5cccc6ccc3c4c56)nc12. The number of hydrogen-bond acceptors (Lipinski definition) is 4. The normalized spacial score (nSPS) is 12.2. The third-order valence-corrected chi connectivity index (χ3v) is 12.3. The quantitative estimate of drug-likeness (QED) is 0.169. The molecule has 13 rings (SSSR count). The van der Waals surface area contributed by atoms with Crippen LogP contribution >= 0.6 is 0 Å². The highest BCUT2D eigenvalue weighted by atomic mass is 15.0. The summed E-state index contributed by atoms with van der Waals surface area (Å²) in [6.07, 6.45) is 5.55. The van der Waals surface area contributed by atoms with Crippen LogP contribution in [0.5, 0.6) is 0 Å². The van der Waals surface area contributed by atoms with Gasteiger partial charge in [-0.15, -0.1) is 0 Å². The summed E-state index contributed by atoms with van der Waals surface area (Å²) in [7, 11) is 0. The number of benzene rings is 8. The maximum absolute atomic E-state index is 5.26. The van der Waals surface area contributed by atoms with Crippen LogP contribution in [0, 0.1) is 0 Å². The maximum atomic E-state index is 5.26. The second-order valence-electron chi connectivity index (χ2n) is 15.4. The molecular weight excluding hydrogens is 707 g/mol. The van der Waals surface area contributed by atoms with Crippen LogP contribution in [-0.4, -0.2) is 24.5 Å². The molecule has 5 aromatic heterocycles. The van der Waals surface area contributed by atoms with E-state index in [2.05, 4.69) is 144 Å². The van der Waals surface area contributed by atoms with Gasteiger partial charge in [0.25, 0.3) is 0 Å². The van der Waals surface area contributed by atoms with Crippen LogP contribution in [0.4, 0.5) is 0 Å². The highest BCUT2D eigenvalue weighted by molar-refractivity contribution is 6.23. The van der Waals surface area contributed by atoms with Gasteiger partial charge in [-0.2, -0.15) is 0 Å². The van der Waals surface area contributed by atoms with Gasteiger partial charge in [-0.05, 0) is 104 Å². The van der Waals surface area contributed by atoms with Gasteiger partial charge in [-0.1, -0.05) is 103 Å². The highest BCUT2D eigenvalue weighted by Gasteiger charge is 2.18. The molecule has 8 aromatic carbocycles. The van der Waals surface area contributed by atoms with E-state index in [0.29, 0.717) is 0 Å². The lowest BCUT2D eigenvalue weighted by Gasteiger charge is -2.15. The van der Waals surface area contributed by atoms with E-state index in [1.165, 1.54) is 59.7 Å². The number of fused-ring (bicyclic) bond motifs is 9. The van der Waals surface area contributed by atoms with Crippen LogP contribution in [0.3, 0.4) is 0 Å². The smallest absolute Gasteiger partial charge is 0.0972 e. The molecule has 0 N–H and O–H groups in total. The van der Waals surface area contributed by atoms with E-state index in [4.69, 9.17) is 19.9 Å². The Kier molecular flexibility index (Phi) is 6.44. The van der Waals surface area contributed by atoms with E-state index in [-0.39, 0.29) is 0 Å². The van der Waals surface area contributed by atoms with Gasteiger partial charge >= 0.3 is 0 Å². The Balaban J connectivity index is 1.05. The average molecular weight is 738 g/mol. The van der Waals surface area contributed by atoms with Crippen molar-refractivity contribution in [3.8, 4) is 22.4 Å². The molecule has 0 fully saturated rings. The topological polar surface area (TPSA) is 56.5 Å². The molecule has 0 aliphatic carbocycles. The Morgan fingerprint density at radius 3 is 1.78 bits per heavy atom. The predicted octanol–water partition coefficient (Wildman–Crippen LogP) is 13.3. The molecule has 5 heterocycles. The van der Waals surface area contributed by atoms with Crippen molar-refractivity contribution >= 4 is 97.7 Å². The predicted molar refractivity (Wildman–Crippen MR) is 241 cm³/mol. The van der Waals surface area contributed by atoms with Gasteiger partial charge in [-0.3, -0.25) is 15.0 Å². The zero-order valence-electron chi connectivity index (χ0n) is 31.2. The van der Waals surface area contributed by atoms with Crippen molar-refractivity contribution in [2.24, 2.45) is 0 Å². The van der Waals surface area contributed by atoms with Gasteiger partial charge in [0, 0.05) is 74.0 Å². The van der Waals surface area contributed by atoms with E-state index < -0.39 is 0 Å². The van der Waals surface area contributed by atoms with Gasteiger partial charge in [0.1, 0.15) is 0 Å². The molecule has 58 heavy (non-hydrogen) atoms. The minimum absolute atomic E-state index is 0.729. The molecule has 0 unspecified atom stereocenters. The van der Waals surface area contributed by atoms with Crippen molar-refractivity contribution in [2.75, 3.05) is 0 Å². The summed E-state index contributed by atoms with van der Waals surface area (Å²) in [6.45, 7) is 0.729. The van der Waals surface area contributed by atoms with E-state index in [0.717, 1.165) is 72.5 Å². The van der Waals surface area contributed by atoms with Gasteiger partial charge < -0.3 is 4.57 Å². The molecule has 0 amide bonds. The summed E-state index contributed by atoms with van der Waals surface area (Å²) in [5.41, 5.74) is 11.6. The molecule has 0 spiro atoms. The van der Waals surface area contributed by atoms with E-state index in [1.54, 1.807) is 0 Å². The fraction of sp³-hybridized carbons (Fsp3) is 0.0189.